The maximum absolute atomic E-state index is 11.5. The SMILES string of the molecule is C=C(C(=O)OC(C)(C)C)C(C)(C)C.C=CC(=O)O. The topological polar surface area (TPSA) is 63.6 Å². The highest BCUT2D eigenvalue weighted by molar-refractivity contribution is 5.89. The molecule has 0 unspecified atom stereocenters. The molecule has 0 saturated heterocycles. The van der Waals surface area contributed by atoms with Gasteiger partial charge in [-0.05, 0) is 26.2 Å². The zero-order valence-electron chi connectivity index (χ0n) is 12.2. The predicted octanol–water partition coefficient (Wildman–Crippen LogP) is 3.19. The fourth-order valence-electron chi connectivity index (χ4n) is 0.646. The fourth-order valence-corrected chi connectivity index (χ4v) is 0.646. The van der Waals surface area contributed by atoms with Crippen molar-refractivity contribution in [1.29, 1.82) is 0 Å². The first-order valence-corrected chi connectivity index (χ1v) is 5.59. The van der Waals surface area contributed by atoms with Gasteiger partial charge >= 0.3 is 11.9 Å². The van der Waals surface area contributed by atoms with Crippen LogP contribution in [0.5, 0.6) is 0 Å². The van der Waals surface area contributed by atoms with E-state index in [0.29, 0.717) is 5.57 Å². The highest BCUT2D eigenvalue weighted by Crippen LogP contribution is 2.25. The standard InChI is InChI=1S/C11H20O2.C3H4O2/c1-8(10(2,3)4)9(12)13-11(5,6)7;1-2-3(4)5/h1H2,2-7H3;2H,1H2,(H,4,5). The first-order valence-electron chi connectivity index (χ1n) is 5.59. The Labute approximate surface area is 109 Å². The van der Waals surface area contributed by atoms with Crippen LogP contribution >= 0.6 is 0 Å². The summed E-state index contributed by atoms with van der Waals surface area (Å²) in [5, 5.41) is 7.60. The van der Waals surface area contributed by atoms with Crippen molar-refractivity contribution in [3.8, 4) is 0 Å². The Balaban J connectivity index is 0. The molecule has 104 valence electrons. The molecule has 0 aromatic heterocycles. The van der Waals surface area contributed by atoms with Crippen LogP contribution in [0.2, 0.25) is 0 Å². The summed E-state index contributed by atoms with van der Waals surface area (Å²) >= 11 is 0. The van der Waals surface area contributed by atoms with Crippen LogP contribution in [0.1, 0.15) is 41.5 Å². The molecule has 0 aliphatic heterocycles. The lowest BCUT2D eigenvalue weighted by Crippen LogP contribution is -2.28. The Morgan fingerprint density at radius 2 is 1.44 bits per heavy atom. The van der Waals surface area contributed by atoms with Crippen molar-refractivity contribution < 1.29 is 19.4 Å². The molecule has 0 aliphatic carbocycles. The number of esters is 1. The molecule has 0 amide bonds. The average molecular weight is 256 g/mol. The molecule has 0 aromatic rings. The van der Waals surface area contributed by atoms with Gasteiger partial charge in [0.25, 0.3) is 0 Å². The van der Waals surface area contributed by atoms with Gasteiger partial charge < -0.3 is 9.84 Å². The lowest BCUT2D eigenvalue weighted by atomic mass is 9.87. The van der Waals surface area contributed by atoms with Crippen LogP contribution in [-0.2, 0) is 14.3 Å². The Kier molecular flexibility index (Phi) is 7.29. The summed E-state index contributed by atoms with van der Waals surface area (Å²) in [5.74, 6) is -1.29. The van der Waals surface area contributed by atoms with Gasteiger partial charge in [-0.3, -0.25) is 0 Å². The third-order valence-corrected chi connectivity index (χ3v) is 1.73. The van der Waals surface area contributed by atoms with Crippen molar-refractivity contribution in [3.05, 3.63) is 24.8 Å². The molecule has 0 radical (unpaired) electrons. The number of hydrogen-bond donors (Lipinski definition) is 1. The van der Waals surface area contributed by atoms with E-state index in [-0.39, 0.29) is 11.4 Å². The van der Waals surface area contributed by atoms with Crippen LogP contribution in [0, 0.1) is 5.41 Å². The van der Waals surface area contributed by atoms with E-state index in [4.69, 9.17) is 9.84 Å². The van der Waals surface area contributed by atoms with Gasteiger partial charge in [-0.15, -0.1) is 0 Å². The number of carbonyl (C=O) groups is 2. The number of carboxylic acid groups (broad SMARTS) is 1. The van der Waals surface area contributed by atoms with Gasteiger partial charge in [0.15, 0.2) is 0 Å². The molecule has 0 heterocycles. The summed E-state index contributed by atoms with van der Waals surface area (Å²) in [6, 6.07) is 0. The minimum absolute atomic E-state index is 0.220. The maximum atomic E-state index is 11.5. The summed E-state index contributed by atoms with van der Waals surface area (Å²) in [7, 11) is 0. The highest BCUT2D eigenvalue weighted by Gasteiger charge is 2.26. The number of carboxylic acids is 1. The Bertz CT molecular complexity index is 327. The highest BCUT2D eigenvalue weighted by atomic mass is 16.6. The van der Waals surface area contributed by atoms with E-state index < -0.39 is 11.6 Å². The first kappa shape index (κ1) is 18.8. The second-order valence-corrected chi connectivity index (χ2v) is 5.77. The molecule has 0 bridgehead atoms. The summed E-state index contributed by atoms with van der Waals surface area (Å²) in [6.45, 7) is 18.1. The van der Waals surface area contributed by atoms with Gasteiger partial charge in [0, 0.05) is 11.6 Å². The van der Waals surface area contributed by atoms with E-state index in [9.17, 15) is 9.59 Å². The minimum atomic E-state index is -0.981. The van der Waals surface area contributed by atoms with Crippen molar-refractivity contribution in [2.45, 2.75) is 47.1 Å². The van der Waals surface area contributed by atoms with Gasteiger partial charge in [-0.25, -0.2) is 9.59 Å². The number of rotatable bonds is 2. The van der Waals surface area contributed by atoms with Crippen LogP contribution < -0.4 is 0 Å². The molecular formula is C14H24O4. The lowest BCUT2D eigenvalue weighted by Gasteiger charge is -2.25. The summed E-state index contributed by atoms with van der Waals surface area (Å²) in [4.78, 5) is 20.7. The van der Waals surface area contributed by atoms with E-state index in [2.05, 4.69) is 13.2 Å². The number of aliphatic carboxylic acids is 1. The van der Waals surface area contributed by atoms with Crippen molar-refractivity contribution in [2.24, 2.45) is 5.41 Å². The van der Waals surface area contributed by atoms with Crippen LogP contribution in [0.3, 0.4) is 0 Å². The van der Waals surface area contributed by atoms with Crippen molar-refractivity contribution in [3.63, 3.8) is 0 Å². The zero-order chi connectivity index (χ0) is 15.1. The molecule has 4 nitrogen and oxygen atoms in total. The van der Waals surface area contributed by atoms with E-state index in [0.717, 1.165) is 6.08 Å². The van der Waals surface area contributed by atoms with Crippen LogP contribution in [0.15, 0.2) is 24.8 Å². The van der Waals surface area contributed by atoms with Gasteiger partial charge in [-0.1, -0.05) is 33.9 Å². The predicted molar refractivity (Wildman–Crippen MR) is 72.3 cm³/mol. The molecule has 18 heavy (non-hydrogen) atoms. The van der Waals surface area contributed by atoms with Crippen molar-refractivity contribution >= 4 is 11.9 Å². The average Bonchev–Trinajstić information content (AvgIpc) is 2.13. The molecule has 0 fully saturated rings. The number of ether oxygens (including phenoxy) is 1. The maximum Gasteiger partial charge on any atom is 0.334 e. The van der Waals surface area contributed by atoms with E-state index in [1.54, 1.807) is 0 Å². The Morgan fingerprint density at radius 3 is 1.61 bits per heavy atom. The number of hydrogen-bond acceptors (Lipinski definition) is 3. The first-order chi connectivity index (χ1) is 7.81. The van der Waals surface area contributed by atoms with Gasteiger partial charge in [0.05, 0.1) is 0 Å². The Morgan fingerprint density at radius 1 is 1.11 bits per heavy atom. The second-order valence-electron chi connectivity index (χ2n) is 5.77. The van der Waals surface area contributed by atoms with Gasteiger partial charge in [-0.2, -0.15) is 0 Å². The van der Waals surface area contributed by atoms with E-state index in [1.807, 2.05) is 41.5 Å². The zero-order valence-corrected chi connectivity index (χ0v) is 12.2. The lowest BCUT2D eigenvalue weighted by molar-refractivity contribution is -0.151. The third kappa shape index (κ3) is 10.9. The molecule has 4 heteroatoms. The molecule has 0 spiro atoms. The summed E-state index contributed by atoms with van der Waals surface area (Å²) in [5.41, 5.74) is -0.143. The molecule has 0 saturated carbocycles. The van der Waals surface area contributed by atoms with Crippen molar-refractivity contribution in [2.75, 3.05) is 0 Å². The van der Waals surface area contributed by atoms with E-state index in [1.165, 1.54) is 0 Å². The summed E-state index contributed by atoms with van der Waals surface area (Å²) < 4.78 is 5.19. The third-order valence-electron chi connectivity index (χ3n) is 1.73. The molecule has 0 aromatic carbocycles. The molecule has 0 atom stereocenters. The molecule has 1 N–H and O–H groups in total. The number of carbonyl (C=O) groups excluding carboxylic acids is 1. The Hall–Kier alpha value is -1.58. The molecule has 0 aliphatic rings. The quantitative estimate of drug-likeness (QED) is 0.608. The van der Waals surface area contributed by atoms with Crippen LogP contribution in [0.4, 0.5) is 0 Å². The smallest absolute Gasteiger partial charge is 0.334 e. The second kappa shape index (κ2) is 6.99. The monoisotopic (exact) mass is 256 g/mol. The summed E-state index contributed by atoms with van der Waals surface area (Å²) in [6.07, 6.45) is 0.833. The normalized spacial score (nSPS) is 10.8. The van der Waals surface area contributed by atoms with Crippen LogP contribution in [0.25, 0.3) is 0 Å². The van der Waals surface area contributed by atoms with Crippen molar-refractivity contribution in [1.82, 2.24) is 0 Å². The van der Waals surface area contributed by atoms with E-state index >= 15 is 0 Å². The fraction of sp³-hybridized carbons (Fsp3) is 0.571. The largest absolute Gasteiger partial charge is 0.478 e. The van der Waals surface area contributed by atoms with Gasteiger partial charge in [0.2, 0.25) is 0 Å². The molecule has 0 rings (SSSR count). The van der Waals surface area contributed by atoms with Gasteiger partial charge in [0.1, 0.15) is 5.60 Å². The van der Waals surface area contributed by atoms with Crippen LogP contribution in [-0.4, -0.2) is 22.6 Å². The minimum Gasteiger partial charge on any atom is -0.478 e. The molecular weight excluding hydrogens is 232 g/mol.